The van der Waals surface area contributed by atoms with Crippen LogP contribution in [0, 0.1) is 5.82 Å². The maximum atomic E-state index is 13.2. The smallest absolute Gasteiger partial charge is 0.338 e. The third kappa shape index (κ3) is 3.75. The number of hydrogen-bond acceptors (Lipinski definition) is 5. The van der Waals surface area contributed by atoms with E-state index < -0.39 is 35.3 Å². The lowest BCUT2D eigenvalue weighted by Crippen LogP contribution is -2.43. The minimum absolute atomic E-state index is 0.00792. The Kier molecular flexibility index (Phi) is 5.15. The molecular formula is C12H13FN2O5. The van der Waals surface area contributed by atoms with Crippen molar-refractivity contribution in [2.75, 3.05) is 11.9 Å². The Bertz CT molecular complexity index is 547. The summed E-state index contributed by atoms with van der Waals surface area (Å²) in [6, 6.07) is 1.41. The molecule has 1 unspecified atom stereocenters. The quantitative estimate of drug-likeness (QED) is 0.530. The molecule has 1 atom stereocenters. The number of anilines is 1. The molecule has 0 aromatic heterocycles. The molecule has 1 aromatic rings. The third-order valence-corrected chi connectivity index (χ3v) is 2.29. The summed E-state index contributed by atoms with van der Waals surface area (Å²) in [5, 5.41) is 10.9. The van der Waals surface area contributed by atoms with Crippen molar-refractivity contribution in [3.05, 3.63) is 29.6 Å². The zero-order chi connectivity index (χ0) is 15.3. The molecule has 0 bridgehead atoms. The molecule has 108 valence electrons. The monoisotopic (exact) mass is 284 g/mol. The first-order valence-electron chi connectivity index (χ1n) is 5.62. The molecule has 8 heteroatoms. The van der Waals surface area contributed by atoms with Crippen molar-refractivity contribution in [1.82, 2.24) is 0 Å². The second-order valence-corrected chi connectivity index (χ2v) is 3.72. The summed E-state index contributed by atoms with van der Waals surface area (Å²) < 4.78 is 17.7. The fraction of sp³-hybridized carbons (Fsp3) is 0.250. The van der Waals surface area contributed by atoms with Gasteiger partial charge in [-0.15, -0.1) is 0 Å². The minimum Gasteiger partial charge on any atom is -0.478 e. The zero-order valence-electron chi connectivity index (χ0n) is 10.6. The predicted molar refractivity (Wildman–Crippen MR) is 66.6 cm³/mol. The summed E-state index contributed by atoms with van der Waals surface area (Å²) in [5.74, 6) is -4.21. The molecule has 0 fully saturated rings. The van der Waals surface area contributed by atoms with E-state index in [1.165, 1.54) is 0 Å². The van der Waals surface area contributed by atoms with E-state index in [1.54, 1.807) is 6.92 Å². The summed E-state index contributed by atoms with van der Waals surface area (Å²) in [7, 11) is 0. The molecule has 0 saturated heterocycles. The van der Waals surface area contributed by atoms with Gasteiger partial charge < -0.3 is 20.9 Å². The molecule has 1 rings (SSSR count). The van der Waals surface area contributed by atoms with Crippen molar-refractivity contribution in [2.45, 2.75) is 13.0 Å². The van der Waals surface area contributed by atoms with Crippen LogP contribution in [0.3, 0.4) is 0 Å². The van der Waals surface area contributed by atoms with Gasteiger partial charge in [-0.2, -0.15) is 0 Å². The van der Waals surface area contributed by atoms with Crippen molar-refractivity contribution < 1.29 is 28.6 Å². The van der Waals surface area contributed by atoms with Crippen LogP contribution in [0.5, 0.6) is 0 Å². The van der Waals surface area contributed by atoms with Crippen LogP contribution < -0.4 is 11.1 Å². The molecular weight excluding hydrogens is 271 g/mol. The lowest BCUT2D eigenvalue weighted by molar-refractivity contribution is -0.146. The van der Waals surface area contributed by atoms with Gasteiger partial charge in [0.25, 0.3) is 5.91 Å². The van der Waals surface area contributed by atoms with Gasteiger partial charge in [-0.3, -0.25) is 4.79 Å². The van der Waals surface area contributed by atoms with Crippen LogP contribution in [0.2, 0.25) is 0 Å². The van der Waals surface area contributed by atoms with Crippen LogP contribution in [0.4, 0.5) is 10.1 Å². The highest BCUT2D eigenvalue weighted by Gasteiger charge is 2.23. The SMILES string of the molecule is CCOC(=O)C(N)C(=O)Nc1ccc(F)c(C(=O)O)c1. The maximum Gasteiger partial charge on any atom is 0.338 e. The first-order chi connectivity index (χ1) is 9.36. The average Bonchev–Trinajstić information content (AvgIpc) is 2.39. The van der Waals surface area contributed by atoms with Crippen LogP contribution in [0.15, 0.2) is 18.2 Å². The van der Waals surface area contributed by atoms with E-state index in [-0.39, 0.29) is 12.3 Å². The number of benzene rings is 1. The summed E-state index contributed by atoms with van der Waals surface area (Å²) in [6.07, 6.45) is 0. The van der Waals surface area contributed by atoms with E-state index in [9.17, 15) is 18.8 Å². The Morgan fingerprint density at radius 3 is 2.65 bits per heavy atom. The molecule has 0 aliphatic carbocycles. The van der Waals surface area contributed by atoms with Crippen molar-refractivity contribution in [3.63, 3.8) is 0 Å². The molecule has 0 aliphatic heterocycles. The number of esters is 1. The molecule has 4 N–H and O–H groups in total. The van der Waals surface area contributed by atoms with Crippen molar-refractivity contribution >= 4 is 23.5 Å². The number of nitrogens with two attached hydrogens (primary N) is 1. The van der Waals surface area contributed by atoms with Gasteiger partial charge in [0.1, 0.15) is 5.82 Å². The number of carboxylic acids is 1. The Morgan fingerprint density at radius 1 is 1.45 bits per heavy atom. The Morgan fingerprint density at radius 2 is 2.10 bits per heavy atom. The van der Waals surface area contributed by atoms with E-state index >= 15 is 0 Å². The number of hydrogen-bond donors (Lipinski definition) is 3. The standard InChI is InChI=1S/C12H13FN2O5/c1-2-20-12(19)9(14)10(16)15-6-3-4-8(13)7(5-6)11(17)18/h3-5,9H,2,14H2,1H3,(H,15,16)(H,17,18). The zero-order valence-corrected chi connectivity index (χ0v) is 10.6. The van der Waals surface area contributed by atoms with E-state index in [0.717, 1.165) is 18.2 Å². The first kappa shape index (κ1) is 15.6. The van der Waals surface area contributed by atoms with E-state index in [2.05, 4.69) is 10.1 Å². The second kappa shape index (κ2) is 6.62. The van der Waals surface area contributed by atoms with Crippen LogP contribution in [0.25, 0.3) is 0 Å². The highest BCUT2D eigenvalue weighted by Crippen LogP contribution is 2.15. The summed E-state index contributed by atoms with van der Waals surface area (Å²) in [6.45, 7) is 1.63. The number of nitrogens with one attached hydrogen (secondary N) is 1. The van der Waals surface area contributed by atoms with Gasteiger partial charge in [0, 0.05) is 5.69 Å². The van der Waals surface area contributed by atoms with Gasteiger partial charge in [0.05, 0.1) is 12.2 Å². The van der Waals surface area contributed by atoms with Crippen LogP contribution >= 0.6 is 0 Å². The summed E-state index contributed by atoms with van der Waals surface area (Å²) in [4.78, 5) is 33.6. The Balaban J connectivity index is 2.83. The topological polar surface area (TPSA) is 119 Å². The largest absolute Gasteiger partial charge is 0.478 e. The fourth-order valence-electron chi connectivity index (χ4n) is 1.33. The van der Waals surface area contributed by atoms with E-state index in [1.807, 2.05) is 0 Å². The molecule has 0 aliphatic rings. The Hall–Kier alpha value is -2.48. The molecule has 0 heterocycles. The summed E-state index contributed by atoms with van der Waals surface area (Å²) in [5.41, 5.74) is 4.75. The minimum atomic E-state index is -1.55. The van der Waals surface area contributed by atoms with Crippen LogP contribution in [0.1, 0.15) is 17.3 Å². The van der Waals surface area contributed by atoms with E-state index in [4.69, 9.17) is 10.8 Å². The van der Waals surface area contributed by atoms with Gasteiger partial charge in [0.2, 0.25) is 0 Å². The molecule has 20 heavy (non-hydrogen) atoms. The van der Waals surface area contributed by atoms with Crippen LogP contribution in [-0.4, -0.2) is 35.6 Å². The predicted octanol–water partition coefficient (Wildman–Crippen LogP) is 0.353. The highest BCUT2D eigenvalue weighted by atomic mass is 19.1. The lowest BCUT2D eigenvalue weighted by atomic mass is 10.2. The number of carboxylic acid groups (broad SMARTS) is 1. The molecule has 0 saturated carbocycles. The molecule has 0 radical (unpaired) electrons. The van der Waals surface area contributed by atoms with Gasteiger partial charge >= 0.3 is 11.9 Å². The average molecular weight is 284 g/mol. The third-order valence-electron chi connectivity index (χ3n) is 2.29. The highest BCUT2D eigenvalue weighted by molar-refractivity contribution is 6.08. The maximum absolute atomic E-state index is 13.2. The lowest BCUT2D eigenvalue weighted by Gasteiger charge is -2.11. The fourth-order valence-corrected chi connectivity index (χ4v) is 1.33. The Labute approximate surface area is 113 Å². The van der Waals surface area contributed by atoms with Gasteiger partial charge in [0.15, 0.2) is 6.04 Å². The van der Waals surface area contributed by atoms with Crippen molar-refractivity contribution in [1.29, 1.82) is 0 Å². The molecule has 0 spiro atoms. The van der Waals surface area contributed by atoms with E-state index in [0.29, 0.717) is 0 Å². The molecule has 1 amide bonds. The van der Waals surface area contributed by atoms with Crippen molar-refractivity contribution in [2.24, 2.45) is 5.73 Å². The van der Waals surface area contributed by atoms with Gasteiger partial charge in [-0.25, -0.2) is 14.0 Å². The number of ether oxygens (including phenoxy) is 1. The second-order valence-electron chi connectivity index (χ2n) is 3.72. The molecule has 1 aromatic carbocycles. The number of halogens is 1. The number of aromatic carboxylic acids is 1. The van der Waals surface area contributed by atoms with Crippen molar-refractivity contribution in [3.8, 4) is 0 Å². The first-order valence-corrected chi connectivity index (χ1v) is 5.62. The normalized spacial score (nSPS) is 11.6. The summed E-state index contributed by atoms with van der Waals surface area (Å²) >= 11 is 0. The number of carbonyl (C=O) groups is 3. The van der Waals surface area contributed by atoms with Gasteiger partial charge in [-0.1, -0.05) is 0 Å². The van der Waals surface area contributed by atoms with Gasteiger partial charge in [-0.05, 0) is 25.1 Å². The number of carbonyl (C=O) groups excluding carboxylic acids is 2. The van der Waals surface area contributed by atoms with Crippen LogP contribution in [-0.2, 0) is 14.3 Å². The number of amides is 1. The molecule has 7 nitrogen and oxygen atoms in total. The number of rotatable bonds is 5.